The first-order chi connectivity index (χ1) is 3.56. The summed E-state index contributed by atoms with van der Waals surface area (Å²) < 4.78 is 12.4. The Hall–Kier alpha value is -0.370. The molecule has 0 aliphatic carbocycles. The molecule has 48 valence electrons. The average Bonchev–Trinajstić information content (AvgIpc) is 1.59. The number of hydrogen-bond acceptors (Lipinski definition) is 1. The Kier molecular flexibility index (Phi) is 2.69. The van der Waals surface area contributed by atoms with Crippen LogP contribution in [0.15, 0.2) is 12.2 Å². The van der Waals surface area contributed by atoms with E-state index in [9.17, 15) is 4.39 Å². The predicted octanol–water partition coefficient (Wildman–Crippen LogP) is 1.28. The molecule has 0 unspecified atom stereocenters. The zero-order chi connectivity index (χ0) is 6.62. The topological polar surface area (TPSA) is 20.2 Å². The van der Waals surface area contributed by atoms with Crippen LogP contribution in [0.2, 0.25) is 0 Å². The highest BCUT2D eigenvalue weighted by atomic mass is 19.1. The van der Waals surface area contributed by atoms with Gasteiger partial charge in [0.1, 0.15) is 5.67 Å². The Morgan fingerprint density at radius 1 is 1.62 bits per heavy atom. The molecule has 8 heavy (non-hydrogen) atoms. The van der Waals surface area contributed by atoms with Gasteiger partial charge < -0.3 is 5.11 Å². The van der Waals surface area contributed by atoms with Crippen molar-refractivity contribution in [2.24, 2.45) is 0 Å². The third-order valence-electron chi connectivity index (χ3n) is 0.620. The van der Waals surface area contributed by atoms with E-state index in [2.05, 4.69) is 0 Å². The van der Waals surface area contributed by atoms with Crippen LogP contribution in [0.1, 0.15) is 13.8 Å². The van der Waals surface area contributed by atoms with Gasteiger partial charge in [-0.3, -0.25) is 0 Å². The van der Waals surface area contributed by atoms with Crippen molar-refractivity contribution in [2.75, 3.05) is 6.61 Å². The fourth-order valence-corrected chi connectivity index (χ4v) is 0.333. The van der Waals surface area contributed by atoms with Crippen LogP contribution >= 0.6 is 0 Å². The molecule has 0 fully saturated rings. The molecular weight excluding hydrogens is 107 g/mol. The van der Waals surface area contributed by atoms with Crippen molar-refractivity contribution in [3.63, 3.8) is 0 Å². The van der Waals surface area contributed by atoms with E-state index in [0.29, 0.717) is 0 Å². The SMILES string of the molecule is CC(C)(F)/C=C/CO. The number of aliphatic hydroxyl groups is 1. The summed E-state index contributed by atoms with van der Waals surface area (Å²) in [6, 6.07) is 0. The zero-order valence-electron chi connectivity index (χ0n) is 5.19. The van der Waals surface area contributed by atoms with Gasteiger partial charge in [0, 0.05) is 0 Å². The lowest BCUT2D eigenvalue weighted by Crippen LogP contribution is -2.05. The van der Waals surface area contributed by atoms with E-state index < -0.39 is 5.67 Å². The maximum absolute atomic E-state index is 12.4. The van der Waals surface area contributed by atoms with Crippen LogP contribution in [0, 0.1) is 0 Å². The smallest absolute Gasteiger partial charge is 0.123 e. The molecule has 0 saturated carbocycles. The second-order valence-electron chi connectivity index (χ2n) is 2.15. The fourth-order valence-electron chi connectivity index (χ4n) is 0.333. The standard InChI is InChI=1S/C6H11FO/c1-6(2,7)4-3-5-8/h3-4,8H,5H2,1-2H3/b4-3+. The molecule has 0 aliphatic rings. The Morgan fingerprint density at radius 2 is 2.12 bits per heavy atom. The zero-order valence-corrected chi connectivity index (χ0v) is 5.19. The van der Waals surface area contributed by atoms with Gasteiger partial charge in [0.15, 0.2) is 0 Å². The van der Waals surface area contributed by atoms with Gasteiger partial charge in [0.25, 0.3) is 0 Å². The van der Waals surface area contributed by atoms with Crippen LogP contribution in [0.25, 0.3) is 0 Å². The largest absolute Gasteiger partial charge is 0.392 e. The summed E-state index contributed by atoms with van der Waals surface area (Å²) in [6.45, 7) is 2.77. The molecule has 0 heterocycles. The first-order valence-electron chi connectivity index (χ1n) is 2.54. The van der Waals surface area contributed by atoms with E-state index in [0.717, 1.165) is 0 Å². The second kappa shape index (κ2) is 2.82. The van der Waals surface area contributed by atoms with E-state index in [1.165, 1.54) is 26.0 Å². The third-order valence-corrected chi connectivity index (χ3v) is 0.620. The van der Waals surface area contributed by atoms with Crippen molar-refractivity contribution in [2.45, 2.75) is 19.5 Å². The lowest BCUT2D eigenvalue weighted by Gasteiger charge is -2.04. The second-order valence-corrected chi connectivity index (χ2v) is 2.15. The van der Waals surface area contributed by atoms with Crippen LogP contribution in [0.3, 0.4) is 0 Å². The van der Waals surface area contributed by atoms with Crippen LogP contribution in [-0.4, -0.2) is 17.4 Å². The minimum absolute atomic E-state index is 0.0899. The van der Waals surface area contributed by atoms with Gasteiger partial charge in [0.05, 0.1) is 6.61 Å². The summed E-state index contributed by atoms with van der Waals surface area (Å²) in [6.07, 6.45) is 2.72. The van der Waals surface area contributed by atoms with E-state index in [4.69, 9.17) is 5.11 Å². The fraction of sp³-hybridized carbons (Fsp3) is 0.667. The van der Waals surface area contributed by atoms with Crippen molar-refractivity contribution < 1.29 is 9.50 Å². The molecule has 0 spiro atoms. The first-order valence-corrected chi connectivity index (χ1v) is 2.54. The molecular formula is C6H11FO. The normalized spacial score (nSPS) is 13.0. The van der Waals surface area contributed by atoms with E-state index >= 15 is 0 Å². The number of alkyl halides is 1. The number of halogens is 1. The quantitative estimate of drug-likeness (QED) is 0.541. The molecule has 1 N–H and O–H groups in total. The maximum atomic E-state index is 12.4. The van der Waals surface area contributed by atoms with E-state index in [-0.39, 0.29) is 6.61 Å². The van der Waals surface area contributed by atoms with Gasteiger partial charge in [-0.2, -0.15) is 0 Å². The molecule has 0 aromatic rings. The molecule has 1 nitrogen and oxygen atoms in total. The first kappa shape index (κ1) is 7.63. The van der Waals surface area contributed by atoms with Crippen molar-refractivity contribution >= 4 is 0 Å². The Balaban J connectivity index is 3.52. The highest BCUT2D eigenvalue weighted by Gasteiger charge is 2.07. The van der Waals surface area contributed by atoms with E-state index in [1.54, 1.807) is 0 Å². The summed E-state index contributed by atoms with van der Waals surface area (Å²) >= 11 is 0. The van der Waals surface area contributed by atoms with Crippen molar-refractivity contribution in [1.82, 2.24) is 0 Å². The molecule has 0 saturated heterocycles. The molecule has 0 atom stereocenters. The van der Waals surface area contributed by atoms with Gasteiger partial charge in [-0.15, -0.1) is 0 Å². The van der Waals surface area contributed by atoms with E-state index in [1.807, 2.05) is 0 Å². The summed E-state index contributed by atoms with van der Waals surface area (Å²) in [7, 11) is 0. The van der Waals surface area contributed by atoms with Crippen molar-refractivity contribution in [3.05, 3.63) is 12.2 Å². The average molecular weight is 118 g/mol. The predicted molar refractivity (Wildman–Crippen MR) is 31.4 cm³/mol. The third kappa shape index (κ3) is 5.63. The molecule has 0 bridgehead atoms. The van der Waals surface area contributed by atoms with Crippen LogP contribution < -0.4 is 0 Å². The van der Waals surface area contributed by atoms with Crippen LogP contribution in [0.4, 0.5) is 4.39 Å². The summed E-state index contributed by atoms with van der Waals surface area (Å²) in [4.78, 5) is 0. The van der Waals surface area contributed by atoms with Gasteiger partial charge in [-0.05, 0) is 19.9 Å². The molecule has 0 aromatic heterocycles. The number of rotatable bonds is 2. The van der Waals surface area contributed by atoms with Crippen LogP contribution in [0.5, 0.6) is 0 Å². The molecule has 0 amide bonds. The Labute approximate surface area is 48.8 Å². The highest BCUT2D eigenvalue weighted by molar-refractivity contribution is 4.95. The molecule has 0 rings (SSSR count). The minimum Gasteiger partial charge on any atom is -0.392 e. The van der Waals surface area contributed by atoms with Crippen LogP contribution in [-0.2, 0) is 0 Å². The lowest BCUT2D eigenvalue weighted by molar-refractivity contribution is 0.282. The summed E-state index contributed by atoms with van der Waals surface area (Å²) in [5, 5.41) is 8.18. The van der Waals surface area contributed by atoms with Gasteiger partial charge in [-0.1, -0.05) is 6.08 Å². The Bertz CT molecular complexity index is 81.0. The van der Waals surface area contributed by atoms with Gasteiger partial charge >= 0.3 is 0 Å². The minimum atomic E-state index is -1.29. The highest BCUT2D eigenvalue weighted by Crippen LogP contribution is 2.08. The lowest BCUT2D eigenvalue weighted by atomic mass is 10.1. The summed E-state index contributed by atoms with van der Waals surface area (Å²) in [5.74, 6) is 0. The molecule has 0 aliphatic heterocycles. The summed E-state index contributed by atoms with van der Waals surface area (Å²) in [5.41, 5.74) is -1.29. The Morgan fingerprint density at radius 3 is 2.25 bits per heavy atom. The number of aliphatic hydroxyl groups excluding tert-OH is 1. The van der Waals surface area contributed by atoms with Crippen molar-refractivity contribution in [1.29, 1.82) is 0 Å². The van der Waals surface area contributed by atoms with Crippen molar-refractivity contribution in [3.8, 4) is 0 Å². The number of hydrogen-bond donors (Lipinski definition) is 1. The van der Waals surface area contributed by atoms with Gasteiger partial charge in [0.2, 0.25) is 0 Å². The molecule has 0 radical (unpaired) electrons. The molecule has 0 aromatic carbocycles. The monoisotopic (exact) mass is 118 g/mol. The number of allylic oxidation sites excluding steroid dienone is 1. The molecule has 2 heteroatoms. The van der Waals surface area contributed by atoms with Gasteiger partial charge in [-0.25, -0.2) is 4.39 Å². The maximum Gasteiger partial charge on any atom is 0.123 e.